The van der Waals surface area contributed by atoms with Gasteiger partial charge in [0, 0.05) is 12.5 Å². The maximum Gasteiger partial charge on any atom is 0.230 e. The predicted molar refractivity (Wildman–Crippen MR) is 60.1 cm³/mol. The quantitative estimate of drug-likeness (QED) is 0.735. The Hall–Kier alpha value is -1.16. The van der Waals surface area contributed by atoms with Crippen LogP contribution in [0.3, 0.4) is 0 Å². The van der Waals surface area contributed by atoms with E-state index in [-0.39, 0.29) is 6.10 Å². The van der Waals surface area contributed by atoms with Crippen LogP contribution in [-0.2, 0) is 4.74 Å². The molecule has 1 aliphatic carbocycles. The lowest BCUT2D eigenvalue weighted by Crippen LogP contribution is -2.04. The molecular formula is C12H18N2O2. The van der Waals surface area contributed by atoms with Gasteiger partial charge in [0.15, 0.2) is 5.82 Å². The van der Waals surface area contributed by atoms with Gasteiger partial charge in [-0.25, -0.2) is 0 Å². The highest BCUT2D eigenvalue weighted by atomic mass is 16.5. The molecule has 88 valence electrons. The zero-order chi connectivity index (χ0) is 11.4. The van der Waals surface area contributed by atoms with Gasteiger partial charge in [-0.05, 0) is 33.1 Å². The summed E-state index contributed by atoms with van der Waals surface area (Å²) in [6.07, 6.45) is 7.51. The van der Waals surface area contributed by atoms with Crippen molar-refractivity contribution in [2.45, 2.75) is 45.1 Å². The monoisotopic (exact) mass is 222 g/mol. The Morgan fingerprint density at radius 3 is 3.12 bits per heavy atom. The normalized spacial score (nSPS) is 22.2. The first-order valence-corrected chi connectivity index (χ1v) is 5.91. The maximum absolute atomic E-state index is 5.43. The average Bonchev–Trinajstić information content (AvgIpc) is 2.80. The second-order valence-electron chi connectivity index (χ2n) is 4.07. The molecule has 16 heavy (non-hydrogen) atoms. The predicted octanol–water partition coefficient (Wildman–Crippen LogP) is 2.99. The van der Waals surface area contributed by atoms with Gasteiger partial charge in [0.1, 0.15) is 6.10 Å². The molecule has 0 unspecified atom stereocenters. The Labute approximate surface area is 95.7 Å². The highest BCUT2D eigenvalue weighted by Crippen LogP contribution is 2.28. The molecule has 0 saturated heterocycles. The van der Waals surface area contributed by atoms with E-state index in [4.69, 9.17) is 9.26 Å². The van der Waals surface area contributed by atoms with Crippen LogP contribution in [0, 0.1) is 0 Å². The topological polar surface area (TPSA) is 48.2 Å². The van der Waals surface area contributed by atoms with Crippen LogP contribution in [0.15, 0.2) is 16.7 Å². The molecule has 0 saturated carbocycles. The van der Waals surface area contributed by atoms with E-state index in [0.29, 0.717) is 18.3 Å². The van der Waals surface area contributed by atoms with Gasteiger partial charge in [0.25, 0.3) is 0 Å². The minimum Gasteiger partial charge on any atom is -0.371 e. The summed E-state index contributed by atoms with van der Waals surface area (Å²) in [5.41, 5.74) is 0. The van der Waals surface area contributed by atoms with Crippen LogP contribution in [0.5, 0.6) is 0 Å². The van der Waals surface area contributed by atoms with E-state index in [0.717, 1.165) is 25.2 Å². The number of rotatable bonds is 4. The zero-order valence-electron chi connectivity index (χ0n) is 9.85. The van der Waals surface area contributed by atoms with Crippen molar-refractivity contribution in [2.24, 2.45) is 0 Å². The molecule has 0 bridgehead atoms. The molecular weight excluding hydrogens is 204 g/mol. The van der Waals surface area contributed by atoms with Crippen molar-refractivity contribution in [3.63, 3.8) is 0 Å². The van der Waals surface area contributed by atoms with E-state index in [1.54, 1.807) is 0 Å². The Morgan fingerprint density at radius 1 is 1.56 bits per heavy atom. The fourth-order valence-corrected chi connectivity index (χ4v) is 1.92. The van der Waals surface area contributed by atoms with Crippen molar-refractivity contribution < 1.29 is 9.26 Å². The van der Waals surface area contributed by atoms with Gasteiger partial charge < -0.3 is 9.26 Å². The summed E-state index contributed by atoms with van der Waals surface area (Å²) in [6.45, 7) is 4.57. The Bertz CT molecular complexity index is 360. The fraction of sp³-hybridized carbons (Fsp3) is 0.667. The number of hydrogen-bond acceptors (Lipinski definition) is 4. The van der Waals surface area contributed by atoms with Crippen molar-refractivity contribution in [2.75, 3.05) is 6.61 Å². The minimum absolute atomic E-state index is 0.0818. The summed E-state index contributed by atoms with van der Waals surface area (Å²) >= 11 is 0. The lowest BCUT2D eigenvalue weighted by Gasteiger charge is -2.12. The van der Waals surface area contributed by atoms with Crippen LogP contribution in [-0.4, -0.2) is 16.7 Å². The molecule has 0 radical (unpaired) electrons. The van der Waals surface area contributed by atoms with E-state index < -0.39 is 0 Å². The van der Waals surface area contributed by atoms with Gasteiger partial charge in [-0.2, -0.15) is 4.98 Å². The molecule has 1 aromatic heterocycles. The zero-order valence-corrected chi connectivity index (χ0v) is 9.85. The van der Waals surface area contributed by atoms with Gasteiger partial charge in [0.05, 0.1) is 0 Å². The van der Waals surface area contributed by atoms with Crippen LogP contribution < -0.4 is 0 Å². The number of allylic oxidation sites excluding steroid dienone is 2. The van der Waals surface area contributed by atoms with Gasteiger partial charge >= 0.3 is 0 Å². The number of ether oxygens (including phenoxy) is 1. The summed E-state index contributed by atoms with van der Waals surface area (Å²) in [7, 11) is 0. The van der Waals surface area contributed by atoms with Crippen molar-refractivity contribution >= 4 is 0 Å². The Kier molecular flexibility index (Phi) is 3.72. The number of hydrogen-bond donors (Lipinski definition) is 0. The summed E-state index contributed by atoms with van der Waals surface area (Å²) in [4.78, 5) is 4.42. The standard InChI is InChI=1S/C12H18N2O2/c1-3-15-9(2)11-13-12(16-14-11)10-7-5-4-6-8-10/h4-5,9-10H,3,6-8H2,1-2H3/t9-,10+/m1/s1. The van der Waals surface area contributed by atoms with Gasteiger partial charge in [-0.1, -0.05) is 17.3 Å². The molecule has 0 spiro atoms. The molecule has 1 aliphatic rings. The van der Waals surface area contributed by atoms with Gasteiger partial charge in [-0.3, -0.25) is 0 Å². The van der Waals surface area contributed by atoms with Crippen LogP contribution in [0.25, 0.3) is 0 Å². The van der Waals surface area contributed by atoms with Gasteiger partial charge in [0.2, 0.25) is 5.89 Å². The molecule has 0 aliphatic heterocycles. The molecule has 4 nitrogen and oxygen atoms in total. The molecule has 0 fully saturated rings. The summed E-state index contributed by atoms with van der Waals surface area (Å²) in [5, 5.41) is 3.97. The molecule has 1 aromatic rings. The maximum atomic E-state index is 5.43. The second-order valence-corrected chi connectivity index (χ2v) is 4.07. The third kappa shape index (κ3) is 2.50. The molecule has 2 atom stereocenters. The highest BCUT2D eigenvalue weighted by molar-refractivity contribution is 5.03. The van der Waals surface area contributed by atoms with E-state index in [9.17, 15) is 0 Å². The Balaban J connectivity index is 2.03. The first-order chi connectivity index (χ1) is 7.81. The molecule has 4 heteroatoms. The third-order valence-electron chi connectivity index (χ3n) is 2.86. The summed E-state index contributed by atoms with van der Waals surface area (Å²) < 4.78 is 10.7. The van der Waals surface area contributed by atoms with Crippen LogP contribution >= 0.6 is 0 Å². The van der Waals surface area contributed by atoms with Crippen LogP contribution in [0.1, 0.15) is 56.8 Å². The van der Waals surface area contributed by atoms with Crippen molar-refractivity contribution in [1.29, 1.82) is 0 Å². The summed E-state index contributed by atoms with van der Waals surface area (Å²) in [6, 6.07) is 0. The third-order valence-corrected chi connectivity index (χ3v) is 2.86. The Morgan fingerprint density at radius 2 is 2.44 bits per heavy atom. The lowest BCUT2D eigenvalue weighted by molar-refractivity contribution is 0.0683. The second kappa shape index (κ2) is 5.25. The SMILES string of the molecule is CCO[C@H](C)c1noc([C@H]2CC=CCC2)n1. The summed E-state index contributed by atoms with van der Waals surface area (Å²) in [5.74, 6) is 1.80. The van der Waals surface area contributed by atoms with Crippen molar-refractivity contribution in [3.05, 3.63) is 23.9 Å². The lowest BCUT2D eigenvalue weighted by atomic mass is 9.94. The highest BCUT2D eigenvalue weighted by Gasteiger charge is 2.21. The van der Waals surface area contributed by atoms with Crippen molar-refractivity contribution in [3.8, 4) is 0 Å². The van der Waals surface area contributed by atoms with Crippen LogP contribution in [0.4, 0.5) is 0 Å². The van der Waals surface area contributed by atoms with E-state index in [1.807, 2.05) is 13.8 Å². The van der Waals surface area contributed by atoms with Crippen molar-refractivity contribution in [1.82, 2.24) is 10.1 Å². The largest absolute Gasteiger partial charge is 0.371 e. The first-order valence-electron chi connectivity index (χ1n) is 5.91. The minimum atomic E-state index is -0.0818. The molecule has 0 aromatic carbocycles. The smallest absolute Gasteiger partial charge is 0.230 e. The first kappa shape index (κ1) is 11.3. The fourth-order valence-electron chi connectivity index (χ4n) is 1.92. The van der Waals surface area contributed by atoms with E-state index in [2.05, 4.69) is 22.3 Å². The van der Waals surface area contributed by atoms with Crippen LogP contribution in [0.2, 0.25) is 0 Å². The molecule has 0 N–H and O–H groups in total. The van der Waals surface area contributed by atoms with E-state index >= 15 is 0 Å². The molecule has 1 heterocycles. The molecule has 2 rings (SSSR count). The molecule has 0 amide bonds. The van der Waals surface area contributed by atoms with Gasteiger partial charge in [-0.15, -0.1) is 0 Å². The average molecular weight is 222 g/mol. The van der Waals surface area contributed by atoms with E-state index in [1.165, 1.54) is 0 Å². The number of aromatic nitrogens is 2. The number of nitrogens with zero attached hydrogens (tertiary/aromatic N) is 2.